The number of carbonyl (C=O) groups excluding carboxylic acids is 2. The van der Waals surface area contributed by atoms with Crippen LogP contribution in [0.15, 0.2) is 29.8 Å². The van der Waals surface area contributed by atoms with Crippen molar-refractivity contribution in [2.45, 2.75) is 113 Å². The number of benzene rings is 1. The quantitative estimate of drug-likeness (QED) is 0.261. The van der Waals surface area contributed by atoms with E-state index in [1.54, 1.807) is 0 Å². The van der Waals surface area contributed by atoms with Crippen LogP contribution >= 0.6 is 0 Å². The number of hydrogen-bond acceptors (Lipinski definition) is 3. The van der Waals surface area contributed by atoms with E-state index in [2.05, 4.69) is 46.0 Å². The Hall–Kier alpha value is -2.57. The van der Waals surface area contributed by atoms with Crippen LogP contribution < -0.4 is 5.32 Å². The molecular formula is C38H51F2NO4. The first kappa shape index (κ1) is 32.4. The third kappa shape index (κ3) is 4.52. The van der Waals surface area contributed by atoms with E-state index < -0.39 is 40.3 Å². The highest BCUT2D eigenvalue weighted by atomic mass is 19.1. The van der Waals surface area contributed by atoms with Crippen molar-refractivity contribution < 1.29 is 28.3 Å². The number of hydrogen-bond donors (Lipinski definition) is 2. The Balaban J connectivity index is 1.34. The number of halogens is 2. The average molecular weight is 624 g/mol. The summed E-state index contributed by atoms with van der Waals surface area (Å²) in [5.41, 5.74) is -0.348. The fourth-order valence-corrected chi connectivity index (χ4v) is 11.8. The molecule has 1 aromatic rings. The first-order chi connectivity index (χ1) is 20.8. The molecule has 4 fully saturated rings. The van der Waals surface area contributed by atoms with E-state index in [9.17, 15) is 28.3 Å². The van der Waals surface area contributed by atoms with Crippen LogP contribution in [-0.2, 0) is 20.9 Å². The van der Waals surface area contributed by atoms with Gasteiger partial charge < -0.3 is 10.4 Å². The number of allylic oxidation sites excluding steroid dienone is 2. The Morgan fingerprint density at radius 3 is 2.29 bits per heavy atom. The molecule has 1 aromatic carbocycles. The summed E-state index contributed by atoms with van der Waals surface area (Å²) in [6, 6.07) is 3.29. The van der Waals surface area contributed by atoms with Gasteiger partial charge >= 0.3 is 5.97 Å². The lowest BCUT2D eigenvalue weighted by molar-refractivity contribution is -0.195. The molecule has 0 radical (unpaired) electrons. The molecule has 2 N–H and O–H groups in total. The molecule has 0 bridgehead atoms. The first-order valence-corrected chi connectivity index (χ1v) is 17.0. The summed E-state index contributed by atoms with van der Waals surface area (Å²) >= 11 is 0. The van der Waals surface area contributed by atoms with Crippen LogP contribution in [0.3, 0.4) is 0 Å². The summed E-state index contributed by atoms with van der Waals surface area (Å²) < 4.78 is 27.8. The van der Waals surface area contributed by atoms with Gasteiger partial charge in [0.15, 0.2) is 5.78 Å². The Morgan fingerprint density at radius 2 is 1.62 bits per heavy atom. The van der Waals surface area contributed by atoms with E-state index in [0.717, 1.165) is 51.0 Å². The zero-order valence-corrected chi connectivity index (χ0v) is 28.1. The van der Waals surface area contributed by atoms with Gasteiger partial charge in [-0.15, -0.1) is 0 Å². The molecule has 0 aromatic heterocycles. The van der Waals surface area contributed by atoms with Crippen LogP contribution in [0.2, 0.25) is 0 Å². The normalized spacial score (nSPS) is 41.4. The number of ketones is 1. The lowest BCUT2D eigenvalue weighted by Gasteiger charge is -2.70. The minimum Gasteiger partial charge on any atom is -0.481 e. The van der Waals surface area contributed by atoms with Gasteiger partial charge in [0.25, 0.3) is 0 Å². The summed E-state index contributed by atoms with van der Waals surface area (Å²) in [6.07, 6.45) is 9.59. The number of aliphatic carboxylic acids is 1. The van der Waals surface area contributed by atoms with Crippen molar-refractivity contribution in [3.05, 3.63) is 47.0 Å². The molecule has 45 heavy (non-hydrogen) atoms. The molecular weight excluding hydrogens is 572 g/mol. The summed E-state index contributed by atoms with van der Waals surface area (Å²) in [7, 11) is 0. The maximum Gasteiger partial charge on any atom is 0.310 e. The molecule has 4 saturated carbocycles. The van der Waals surface area contributed by atoms with Crippen LogP contribution in [0.25, 0.3) is 0 Å². The van der Waals surface area contributed by atoms with Crippen LogP contribution in [0.4, 0.5) is 8.78 Å². The molecule has 8 atom stereocenters. The summed E-state index contributed by atoms with van der Waals surface area (Å²) in [5.74, 6) is -2.98. The number of Topliss-reactive ketones (excluding diaryl/α,β-unsaturated/α-hetero) is 1. The Bertz CT molecular complexity index is 1480. The fourth-order valence-electron chi connectivity index (χ4n) is 11.8. The number of fused-ring (bicyclic) bond motifs is 7. The van der Waals surface area contributed by atoms with Crippen LogP contribution in [0, 0.1) is 67.8 Å². The van der Waals surface area contributed by atoms with Gasteiger partial charge in [-0.3, -0.25) is 14.4 Å². The Kier molecular flexibility index (Phi) is 7.35. The molecule has 1 amide bonds. The first-order valence-electron chi connectivity index (χ1n) is 17.0. The van der Waals surface area contributed by atoms with Gasteiger partial charge in [0, 0.05) is 23.6 Å². The molecule has 7 heteroatoms. The van der Waals surface area contributed by atoms with Crippen molar-refractivity contribution in [2.75, 3.05) is 0 Å². The smallest absolute Gasteiger partial charge is 0.310 e. The van der Waals surface area contributed by atoms with Gasteiger partial charge in [0.05, 0.1) is 11.3 Å². The molecule has 5 aliphatic rings. The lowest BCUT2D eigenvalue weighted by atomic mass is 9.33. The van der Waals surface area contributed by atoms with E-state index in [4.69, 9.17) is 0 Å². The van der Waals surface area contributed by atoms with E-state index in [0.29, 0.717) is 12.8 Å². The minimum absolute atomic E-state index is 0.0237. The third-order valence-corrected chi connectivity index (χ3v) is 14.6. The van der Waals surface area contributed by atoms with Gasteiger partial charge in [0.1, 0.15) is 11.6 Å². The standard InChI is InChI=1S/C38H51F2NO4/c1-33(2)14-16-38(32(44)45)17-15-36(6)25(26(38)20-33)10-11-29-35(5)19-24(30(42)34(3,4)28(35)12-13-37(29,36)7)31(43)41-21-22-8-9-23(39)18-27(22)40/h8-10,18,24,26,28-29H,11-17,19-21H2,1-7H3,(H,41,43)(H,44,45)/t24?,26?,28?,29?,35-,36+,37+,38-/m0/s1. The number of nitrogens with one attached hydrogen (secondary N) is 1. The summed E-state index contributed by atoms with van der Waals surface area (Å²) in [4.78, 5) is 40.7. The lowest BCUT2D eigenvalue weighted by Crippen LogP contribution is -2.66. The zero-order chi connectivity index (χ0) is 33.0. The highest BCUT2D eigenvalue weighted by Gasteiger charge is 2.70. The molecule has 0 aliphatic heterocycles. The fraction of sp³-hybridized carbons (Fsp3) is 0.711. The van der Waals surface area contributed by atoms with Gasteiger partial charge in [-0.25, -0.2) is 8.78 Å². The van der Waals surface area contributed by atoms with Gasteiger partial charge in [-0.1, -0.05) is 66.2 Å². The van der Waals surface area contributed by atoms with Gasteiger partial charge in [-0.05, 0) is 103 Å². The Labute approximate surface area is 267 Å². The van der Waals surface area contributed by atoms with Gasteiger partial charge in [0.2, 0.25) is 5.91 Å². The van der Waals surface area contributed by atoms with E-state index in [-0.39, 0.29) is 57.3 Å². The second kappa shape index (κ2) is 10.2. The third-order valence-electron chi connectivity index (χ3n) is 14.6. The molecule has 6 rings (SSSR count). The second-order valence-electron chi connectivity index (χ2n) is 17.5. The van der Waals surface area contributed by atoms with Crippen LogP contribution in [-0.4, -0.2) is 22.8 Å². The highest BCUT2D eigenvalue weighted by Crippen LogP contribution is 2.75. The Morgan fingerprint density at radius 1 is 0.933 bits per heavy atom. The topological polar surface area (TPSA) is 83.5 Å². The summed E-state index contributed by atoms with van der Waals surface area (Å²) in [6.45, 7) is 15.6. The SMILES string of the molecule is CC1(C)CC[C@]2(C(=O)O)CC[C@]3(C)C(=CCC4[C@@]5(C)CC(C(=O)NCc6ccc(F)cc6F)C(=O)C(C)(C)C5CC[C@]43C)C2C1. The molecule has 0 heterocycles. The second-order valence-corrected chi connectivity index (χ2v) is 17.5. The van der Waals surface area contributed by atoms with E-state index in [1.165, 1.54) is 17.7 Å². The minimum atomic E-state index is -0.851. The van der Waals surface area contributed by atoms with Crippen molar-refractivity contribution in [2.24, 2.45) is 56.2 Å². The van der Waals surface area contributed by atoms with Gasteiger partial charge in [-0.2, -0.15) is 0 Å². The van der Waals surface area contributed by atoms with Crippen molar-refractivity contribution in [1.29, 1.82) is 0 Å². The molecule has 4 unspecified atom stereocenters. The van der Waals surface area contributed by atoms with Crippen molar-refractivity contribution in [1.82, 2.24) is 5.32 Å². The monoisotopic (exact) mass is 623 g/mol. The number of carboxylic acids is 1. The molecule has 246 valence electrons. The zero-order valence-electron chi connectivity index (χ0n) is 28.1. The van der Waals surface area contributed by atoms with Crippen molar-refractivity contribution in [3.63, 3.8) is 0 Å². The molecule has 5 nitrogen and oxygen atoms in total. The predicted molar refractivity (Wildman–Crippen MR) is 169 cm³/mol. The van der Waals surface area contributed by atoms with Crippen LogP contribution in [0.5, 0.6) is 0 Å². The van der Waals surface area contributed by atoms with E-state index in [1.807, 2.05) is 13.8 Å². The molecule has 0 saturated heterocycles. The predicted octanol–water partition coefficient (Wildman–Crippen LogP) is 8.26. The molecule has 5 aliphatic carbocycles. The molecule has 0 spiro atoms. The number of carbonyl (C=O) groups is 3. The maximum absolute atomic E-state index is 14.3. The number of carboxylic acid groups (broad SMARTS) is 1. The highest BCUT2D eigenvalue weighted by molar-refractivity contribution is 6.04. The average Bonchev–Trinajstić information content (AvgIpc) is 2.94. The summed E-state index contributed by atoms with van der Waals surface area (Å²) in [5, 5.41) is 13.4. The van der Waals surface area contributed by atoms with Crippen LogP contribution in [0.1, 0.15) is 112 Å². The van der Waals surface area contributed by atoms with E-state index >= 15 is 0 Å². The number of rotatable bonds is 4. The number of amides is 1. The van der Waals surface area contributed by atoms with Crippen molar-refractivity contribution in [3.8, 4) is 0 Å². The van der Waals surface area contributed by atoms with Crippen molar-refractivity contribution >= 4 is 17.7 Å². The largest absolute Gasteiger partial charge is 0.481 e. The maximum atomic E-state index is 14.3.